The lowest BCUT2D eigenvalue weighted by molar-refractivity contribution is -0.384. The van der Waals surface area contributed by atoms with Crippen LogP contribution in [-0.4, -0.2) is 33.2 Å². The molecule has 1 aromatic rings. The summed E-state index contributed by atoms with van der Waals surface area (Å²) in [6.07, 6.45) is 1.68. The van der Waals surface area contributed by atoms with Gasteiger partial charge in [-0.1, -0.05) is 13.3 Å². The van der Waals surface area contributed by atoms with Gasteiger partial charge in [0.25, 0.3) is 0 Å². The molecule has 2 rings (SSSR count). The summed E-state index contributed by atoms with van der Waals surface area (Å²) in [6.45, 7) is 2.43. The van der Waals surface area contributed by atoms with Gasteiger partial charge in [0, 0.05) is 20.0 Å². The van der Waals surface area contributed by atoms with Gasteiger partial charge in [0.05, 0.1) is 11.0 Å². The lowest BCUT2D eigenvalue weighted by Crippen LogP contribution is -2.24. The minimum atomic E-state index is -0.412. The number of carbonyl (C=O) groups excluding carboxylic acids is 1. The molecule has 2 N–H and O–H groups in total. The molecule has 0 aromatic carbocycles. The van der Waals surface area contributed by atoms with Gasteiger partial charge in [0.15, 0.2) is 0 Å². The lowest BCUT2D eigenvalue weighted by Gasteiger charge is -2.10. The van der Waals surface area contributed by atoms with E-state index in [-0.39, 0.29) is 17.6 Å². The van der Waals surface area contributed by atoms with Crippen LogP contribution >= 0.6 is 0 Å². The third kappa shape index (κ3) is 2.67. The molecule has 1 saturated heterocycles. The van der Waals surface area contributed by atoms with Crippen LogP contribution in [0.2, 0.25) is 0 Å². The molecule has 1 fully saturated rings. The molecule has 1 aromatic heterocycles. The first-order chi connectivity index (χ1) is 9.02. The SMILES string of the molecule is CCCc1nn(C)c(NC2CNC(=O)C2)c1[N+](=O)[O-]. The summed E-state index contributed by atoms with van der Waals surface area (Å²) in [5, 5.41) is 21.1. The van der Waals surface area contributed by atoms with Crippen molar-refractivity contribution in [1.82, 2.24) is 15.1 Å². The minimum Gasteiger partial charge on any atom is -0.360 e. The fourth-order valence-electron chi connectivity index (χ4n) is 2.23. The van der Waals surface area contributed by atoms with E-state index in [9.17, 15) is 14.9 Å². The van der Waals surface area contributed by atoms with Crippen molar-refractivity contribution in [2.24, 2.45) is 7.05 Å². The van der Waals surface area contributed by atoms with Gasteiger partial charge in [-0.2, -0.15) is 5.10 Å². The van der Waals surface area contributed by atoms with Crippen molar-refractivity contribution in [2.45, 2.75) is 32.2 Å². The van der Waals surface area contributed by atoms with Crippen molar-refractivity contribution in [3.63, 3.8) is 0 Å². The number of rotatable bonds is 5. The number of amides is 1. The van der Waals surface area contributed by atoms with Crippen molar-refractivity contribution in [3.05, 3.63) is 15.8 Å². The molecule has 8 nitrogen and oxygen atoms in total. The maximum absolute atomic E-state index is 11.2. The molecule has 0 spiro atoms. The Morgan fingerprint density at radius 2 is 2.37 bits per heavy atom. The van der Waals surface area contributed by atoms with Gasteiger partial charge in [0.2, 0.25) is 11.7 Å². The van der Waals surface area contributed by atoms with E-state index >= 15 is 0 Å². The van der Waals surface area contributed by atoms with E-state index in [4.69, 9.17) is 0 Å². The molecule has 0 saturated carbocycles. The van der Waals surface area contributed by atoms with Crippen molar-refractivity contribution in [1.29, 1.82) is 0 Å². The van der Waals surface area contributed by atoms with Crippen LogP contribution in [0.25, 0.3) is 0 Å². The molecule has 19 heavy (non-hydrogen) atoms. The van der Waals surface area contributed by atoms with E-state index in [2.05, 4.69) is 15.7 Å². The van der Waals surface area contributed by atoms with Gasteiger partial charge < -0.3 is 10.6 Å². The molecular weight excluding hydrogens is 250 g/mol. The Morgan fingerprint density at radius 3 is 2.89 bits per heavy atom. The summed E-state index contributed by atoms with van der Waals surface area (Å²) in [5.74, 6) is 0.325. The number of aryl methyl sites for hydroxylation is 2. The predicted molar refractivity (Wildman–Crippen MR) is 68.9 cm³/mol. The first-order valence-electron chi connectivity index (χ1n) is 6.26. The van der Waals surface area contributed by atoms with E-state index < -0.39 is 4.92 Å². The van der Waals surface area contributed by atoms with Gasteiger partial charge in [0.1, 0.15) is 5.69 Å². The summed E-state index contributed by atoms with van der Waals surface area (Å²) in [7, 11) is 1.67. The van der Waals surface area contributed by atoms with Gasteiger partial charge in [-0.25, -0.2) is 4.68 Å². The summed E-state index contributed by atoms with van der Waals surface area (Å²) < 4.78 is 1.48. The maximum Gasteiger partial charge on any atom is 0.334 e. The molecule has 0 bridgehead atoms. The van der Waals surface area contributed by atoms with E-state index in [1.165, 1.54) is 4.68 Å². The number of nitro groups is 1. The Hall–Kier alpha value is -2.12. The highest BCUT2D eigenvalue weighted by molar-refractivity contribution is 5.80. The number of carbonyl (C=O) groups is 1. The molecule has 0 radical (unpaired) electrons. The third-order valence-corrected chi connectivity index (χ3v) is 3.08. The number of nitrogens with one attached hydrogen (secondary N) is 2. The molecular formula is C11H17N5O3. The normalized spacial score (nSPS) is 18.4. The summed E-state index contributed by atoms with van der Waals surface area (Å²) >= 11 is 0. The Bertz CT molecular complexity index is 511. The molecule has 0 aliphatic carbocycles. The van der Waals surface area contributed by atoms with Crippen LogP contribution in [0.4, 0.5) is 11.5 Å². The molecule has 1 atom stereocenters. The number of hydrogen-bond donors (Lipinski definition) is 2. The van der Waals surface area contributed by atoms with Crippen molar-refractivity contribution in [3.8, 4) is 0 Å². The average Bonchev–Trinajstić information content (AvgIpc) is 2.85. The summed E-state index contributed by atoms with van der Waals surface area (Å²) in [5.41, 5.74) is 0.499. The van der Waals surface area contributed by atoms with Crippen molar-refractivity contribution in [2.75, 3.05) is 11.9 Å². The molecule has 1 amide bonds. The van der Waals surface area contributed by atoms with Crippen LogP contribution in [0, 0.1) is 10.1 Å². The van der Waals surface area contributed by atoms with Crippen molar-refractivity contribution < 1.29 is 9.72 Å². The topological polar surface area (TPSA) is 102 Å². The zero-order valence-electron chi connectivity index (χ0n) is 11.0. The number of anilines is 1. The highest BCUT2D eigenvalue weighted by Gasteiger charge is 2.30. The standard InChI is InChI=1S/C11H17N5O3/c1-3-4-8-10(16(18)19)11(15(2)14-8)13-7-5-9(17)12-6-7/h7,13H,3-6H2,1-2H3,(H,12,17). The Morgan fingerprint density at radius 1 is 1.63 bits per heavy atom. The van der Waals surface area contributed by atoms with Crippen molar-refractivity contribution >= 4 is 17.4 Å². The van der Waals surface area contributed by atoms with Crippen LogP contribution in [0.3, 0.4) is 0 Å². The zero-order valence-corrected chi connectivity index (χ0v) is 11.0. The largest absolute Gasteiger partial charge is 0.360 e. The van der Waals surface area contributed by atoms with Crippen LogP contribution in [0.1, 0.15) is 25.5 Å². The molecule has 1 aliphatic rings. The Labute approximate surface area is 110 Å². The monoisotopic (exact) mass is 267 g/mol. The van der Waals surface area contributed by atoms with E-state index in [1.54, 1.807) is 7.05 Å². The molecule has 104 valence electrons. The number of aromatic nitrogens is 2. The molecule has 2 heterocycles. The van der Waals surface area contributed by atoms with Crippen LogP contribution in [0.5, 0.6) is 0 Å². The molecule has 1 aliphatic heterocycles. The minimum absolute atomic E-state index is 0.0173. The maximum atomic E-state index is 11.2. The summed E-state index contributed by atoms with van der Waals surface area (Å²) in [4.78, 5) is 21.9. The fraction of sp³-hybridized carbons (Fsp3) is 0.636. The second-order valence-electron chi connectivity index (χ2n) is 4.62. The van der Waals surface area contributed by atoms with E-state index in [0.717, 1.165) is 6.42 Å². The highest BCUT2D eigenvalue weighted by atomic mass is 16.6. The quantitative estimate of drug-likeness (QED) is 0.600. The van der Waals surface area contributed by atoms with Crippen LogP contribution in [0.15, 0.2) is 0 Å². The third-order valence-electron chi connectivity index (χ3n) is 3.08. The number of nitrogens with zero attached hydrogens (tertiary/aromatic N) is 3. The van der Waals surface area contributed by atoms with E-state index in [1.807, 2.05) is 6.92 Å². The van der Waals surface area contributed by atoms with Crippen LogP contribution < -0.4 is 10.6 Å². The average molecular weight is 267 g/mol. The molecule has 8 heteroatoms. The lowest BCUT2D eigenvalue weighted by atomic mass is 10.2. The zero-order chi connectivity index (χ0) is 14.0. The van der Waals surface area contributed by atoms with Gasteiger partial charge in [-0.3, -0.25) is 14.9 Å². The van der Waals surface area contributed by atoms with Gasteiger partial charge in [-0.15, -0.1) is 0 Å². The van der Waals surface area contributed by atoms with Gasteiger partial charge in [-0.05, 0) is 6.42 Å². The Balaban J connectivity index is 2.27. The highest BCUT2D eigenvalue weighted by Crippen LogP contribution is 2.30. The fourth-order valence-corrected chi connectivity index (χ4v) is 2.23. The predicted octanol–water partition coefficient (Wildman–Crippen LogP) is 0.581. The van der Waals surface area contributed by atoms with Crippen LogP contribution in [-0.2, 0) is 18.3 Å². The van der Waals surface area contributed by atoms with Gasteiger partial charge >= 0.3 is 5.69 Å². The number of hydrogen-bond acceptors (Lipinski definition) is 5. The smallest absolute Gasteiger partial charge is 0.334 e. The first kappa shape index (κ1) is 13.3. The first-order valence-corrected chi connectivity index (χ1v) is 6.26. The van der Waals surface area contributed by atoms with E-state index in [0.29, 0.717) is 30.9 Å². The Kier molecular flexibility index (Phi) is 3.68. The second kappa shape index (κ2) is 5.25. The summed E-state index contributed by atoms with van der Waals surface area (Å²) in [6, 6.07) is -0.129. The molecule has 1 unspecified atom stereocenters. The second-order valence-corrected chi connectivity index (χ2v) is 4.62.